The minimum atomic E-state index is -0.593. The predicted octanol–water partition coefficient (Wildman–Crippen LogP) is 2.76. The molecule has 7 nitrogen and oxygen atoms in total. The van der Waals surface area contributed by atoms with Crippen LogP contribution in [0.4, 0.5) is 0 Å². The molecule has 2 amide bonds. The fourth-order valence-electron chi connectivity index (χ4n) is 2.47. The number of nitrogens with one attached hydrogen (secondary N) is 1. The smallest absolute Gasteiger partial charge is 0.273 e. The van der Waals surface area contributed by atoms with Gasteiger partial charge in [0.1, 0.15) is 5.75 Å². The number of halogens is 1. The van der Waals surface area contributed by atoms with Crippen molar-refractivity contribution in [3.8, 4) is 11.4 Å². The highest BCUT2D eigenvalue weighted by Crippen LogP contribution is 2.24. The second-order valence-corrected chi connectivity index (χ2v) is 6.16. The molecule has 0 aliphatic heterocycles. The van der Waals surface area contributed by atoms with Crippen LogP contribution in [-0.4, -0.2) is 29.2 Å². The van der Waals surface area contributed by atoms with Crippen LogP contribution in [0, 0.1) is 0 Å². The van der Waals surface area contributed by atoms with E-state index in [4.69, 9.17) is 22.1 Å². The quantitative estimate of drug-likeness (QED) is 0.474. The third kappa shape index (κ3) is 4.77. The summed E-state index contributed by atoms with van der Waals surface area (Å²) >= 11 is 6.10. The average molecular weight is 397 g/mol. The molecule has 0 saturated carbocycles. The highest BCUT2D eigenvalue weighted by Gasteiger charge is 2.11. The lowest BCUT2D eigenvalue weighted by Gasteiger charge is -2.09. The zero-order chi connectivity index (χ0) is 19.9. The van der Waals surface area contributed by atoms with E-state index in [1.54, 1.807) is 30.3 Å². The first-order valence-corrected chi connectivity index (χ1v) is 8.69. The Kier molecular flexibility index (Phi) is 6.08. The summed E-state index contributed by atoms with van der Waals surface area (Å²) in [6, 6.07) is 15.9. The first-order chi connectivity index (χ1) is 13.5. The van der Waals surface area contributed by atoms with Crippen LogP contribution in [0.3, 0.4) is 0 Å². The van der Waals surface area contributed by atoms with Crippen LogP contribution in [0.25, 0.3) is 5.69 Å². The van der Waals surface area contributed by atoms with E-state index in [-0.39, 0.29) is 12.5 Å². The Morgan fingerprint density at radius 2 is 1.89 bits per heavy atom. The fourth-order valence-corrected chi connectivity index (χ4v) is 2.72. The van der Waals surface area contributed by atoms with Crippen molar-refractivity contribution in [2.45, 2.75) is 0 Å². The number of ether oxygens (including phenoxy) is 1. The second-order valence-electron chi connectivity index (χ2n) is 5.75. The molecule has 0 bridgehead atoms. The van der Waals surface area contributed by atoms with E-state index in [9.17, 15) is 9.59 Å². The number of nitrogens with two attached hydrogens (primary N) is 1. The zero-order valence-corrected chi connectivity index (χ0v) is 15.5. The number of primary amides is 1. The molecular formula is C20H17ClN4O3. The molecular weight excluding hydrogens is 380 g/mol. The number of hydrogen-bond acceptors (Lipinski definition) is 4. The van der Waals surface area contributed by atoms with E-state index in [1.165, 1.54) is 6.21 Å². The Labute approximate surface area is 166 Å². The standard InChI is InChI=1S/C20H17ClN4O3/c21-16-11-14(7-8-18(16)28-13-19(22)26)12-23-24-20(27)15-5-1-2-6-17(15)25-9-3-4-10-25/h1-12H,13H2,(H2,22,26)(H,24,27). The van der Waals surface area contributed by atoms with Crippen LogP contribution in [0.15, 0.2) is 72.1 Å². The van der Waals surface area contributed by atoms with E-state index in [2.05, 4.69) is 10.5 Å². The van der Waals surface area contributed by atoms with Crippen LogP contribution >= 0.6 is 11.6 Å². The summed E-state index contributed by atoms with van der Waals surface area (Å²) in [5.41, 5.74) is 9.43. The third-order valence-corrected chi connectivity index (χ3v) is 4.03. The molecule has 2 aromatic carbocycles. The van der Waals surface area contributed by atoms with Gasteiger partial charge in [-0.15, -0.1) is 0 Å². The van der Waals surface area contributed by atoms with Crippen molar-refractivity contribution in [3.63, 3.8) is 0 Å². The van der Waals surface area contributed by atoms with Crippen LogP contribution in [0.5, 0.6) is 5.75 Å². The SMILES string of the molecule is NC(=O)COc1ccc(C=NNC(=O)c2ccccc2-n2cccc2)cc1Cl. The number of hydrazone groups is 1. The van der Waals surface area contributed by atoms with Gasteiger partial charge in [0.2, 0.25) is 0 Å². The number of amides is 2. The van der Waals surface area contributed by atoms with Gasteiger partial charge in [-0.05, 0) is 48.0 Å². The van der Waals surface area contributed by atoms with Crippen LogP contribution in [0.1, 0.15) is 15.9 Å². The molecule has 1 aromatic heterocycles. The van der Waals surface area contributed by atoms with Gasteiger partial charge in [0, 0.05) is 12.4 Å². The molecule has 142 valence electrons. The Hall–Kier alpha value is -3.58. The predicted molar refractivity (Wildman–Crippen MR) is 107 cm³/mol. The van der Waals surface area contributed by atoms with Crippen molar-refractivity contribution in [2.24, 2.45) is 10.8 Å². The number of carbonyl (C=O) groups is 2. The molecule has 0 aliphatic carbocycles. The molecule has 0 spiro atoms. The largest absolute Gasteiger partial charge is 0.482 e. The van der Waals surface area contributed by atoms with Gasteiger partial charge < -0.3 is 15.0 Å². The molecule has 3 aromatic rings. The monoisotopic (exact) mass is 396 g/mol. The van der Waals surface area contributed by atoms with Gasteiger partial charge in [0.15, 0.2) is 6.61 Å². The number of para-hydroxylation sites is 1. The highest BCUT2D eigenvalue weighted by molar-refractivity contribution is 6.32. The average Bonchev–Trinajstić information content (AvgIpc) is 3.22. The number of benzene rings is 2. The minimum absolute atomic E-state index is 0.260. The van der Waals surface area contributed by atoms with Crippen LogP contribution in [-0.2, 0) is 4.79 Å². The van der Waals surface area contributed by atoms with Crippen molar-refractivity contribution in [1.82, 2.24) is 9.99 Å². The summed E-state index contributed by atoms with van der Waals surface area (Å²) in [6.07, 6.45) is 5.18. The van der Waals surface area contributed by atoms with E-state index in [0.717, 1.165) is 5.69 Å². The van der Waals surface area contributed by atoms with E-state index < -0.39 is 5.91 Å². The summed E-state index contributed by atoms with van der Waals surface area (Å²) < 4.78 is 7.03. The van der Waals surface area contributed by atoms with E-state index in [1.807, 2.05) is 41.2 Å². The minimum Gasteiger partial charge on any atom is -0.482 e. The summed E-state index contributed by atoms with van der Waals surface area (Å²) in [6.45, 7) is -0.260. The molecule has 1 heterocycles. The third-order valence-electron chi connectivity index (χ3n) is 3.74. The fraction of sp³-hybridized carbons (Fsp3) is 0.0500. The Balaban J connectivity index is 1.68. The molecule has 0 fully saturated rings. The molecule has 8 heteroatoms. The Morgan fingerprint density at radius 3 is 2.61 bits per heavy atom. The van der Waals surface area contributed by atoms with Gasteiger partial charge in [-0.25, -0.2) is 5.43 Å². The molecule has 0 radical (unpaired) electrons. The summed E-state index contributed by atoms with van der Waals surface area (Å²) in [4.78, 5) is 23.3. The molecule has 0 aliphatic rings. The van der Waals surface area contributed by atoms with Gasteiger partial charge in [0.05, 0.1) is 22.5 Å². The molecule has 3 rings (SSSR count). The van der Waals surface area contributed by atoms with Crippen molar-refractivity contribution in [2.75, 3.05) is 6.61 Å². The molecule has 0 saturated heterocycles. The summed E-state index contributed by atoms with van der Waals surface area (Å²) in [5, 5.41) is 4.28. The molecule has 28 heavy (non-hydrogen) atoms. The lowest BCUT2D eigenvalue weighted by molar-refractivity contribution is -0.119. The maximum Gasteiger partial charge on any atom is 0.273 e. The lowest BCUT2D eigenvalue weighted by Crippen LogP contribution is -2.20. The lowest BCUT2D eigenvalue weighted by atomic mass is 10.1. The summed E-state index contributed by atoms with van der Waals surface area (Å²) in [7, 11) is 0. The summed E-state index contributed by atoms with van der Waals surface area (Å²) in [5.74, 6) is -0.597. The highest BCUT2D eigenvalue weighted by atomic mass is 35.5. The van der Waals surface area contributed by atoms with Crippen molar-refractivity contribution < 1.29 is 14.3 Å². The van der Waals surface area contributed by atoms with Crippen LogP contribution in [0.2, 0.25) is 5.02 Å². The van der Waals surface area contributed by atoms with Crippen molar-refractivity contribution in [3.05, 3.63) is 83.1 Å². The maximum atomic E-state index is 12.5. The van der Waals surface area contributed by atoms with Gasteiger partial charge in [-0.1, -0.05) is 23.7 Å². The van der Waals surface area contributed by atoms with E-state index >= 15 is 0 Å². The number of hydrogen-bond donors (Lipinski definition) is 2. The topological polar surface area (TPSA) is 98.7 Å². The zero-order valence-electron chi connectivity index (χ0n) is 14.7. The molecule has 3 N–H and O–H groups in total. The second kappa shape index (κ2) is 8.88. The van der Waals surface area contributed by atoms with Crippen LogP contribution < -0.4 is 15.9 Å². The van der Waals surface area contributed by atoms with Gasteiger partial charge in [-0.3, -0.25) is 9.59 Å². The first kappa shape index (κ1) is 19.2. The first-order valence-electron chi connectivity index (χ1n) is 8.31. The number of rotatable bonds is 7. The number of aromatic nitrogens is 1. The normalized spacial score (nSPS) is 10.8. The van der Waals surface area contributed by atoms with E-state index in [0.29, 0.717) is 21.9 Å². The number of carbonyl (C=O) groups excluding carboxylic acids is 2. The van der Waals surface area contributed by atoms with Gasteiger partial charge in [-0.2, -0.15) is 5.10 Å². The molecule has 0 unspecified atom stereocenters. The van der Waals surface area contributed by atoms with Gasteiger partial charge in [0.25, 0.3) is 11.8 Å². The van der Waals surface area contributed by atoms with Crippen molar-refractivity contribution in [1.29, 1.82) is 0 Å². The Bertz CT molecular complexity index is 1020. The Morgan fingerprint density at radius 1 is 1.14 bits per heavy atom. The maximum absolute atomic E-state index is 12.5. The molecule has 0 atom stereocenters. The number of nitrogens with zero attached hydrogens (tertiary/aromatic N) is 2. The van der Waals surface area contributed by atoms with Gasteiger partial charge >= 0.3 is 0 Å². The van der Waals surface area contributed by atoms with Crippen molar-refractivity contribution >= 4 is 29.6 Å².